The van der Waals surface area contributed by atoms with Crippen molar-refractivity contribution >= 4 is 38.9 Å². The number of sulfonamides is 1. The molecular formula is C15H14N2O3S2. The Morgan fingerprint density at radius 2 is 1.82 bits per heavy atom. The summed E-state index contributed by atoms with van der Waals surface area (Å²) in [5.74, 6) is -0.295. The Labute approximate surface area is 132 Å². The molecule has 7 heteroatoms. The highest BCUT2D eigenvalue weighted by Gasteiger charge is 2.33. The van der Waals surface area contributed by atoms with Gasteiger partial charge in [-0.25, -0.2) is 8.42 Å². The standard InChI is InChI=1S/C15H14N2O3S2/c1-17(2)11-5-3-10(4-6-11)9-12-14(18)15-13(7-8-21-15)22(19,20)16-12/h3-9,16H,1-2H3. The summed E-state index contributed by atoms with van der Waals surface area (Å²) >= 11 is 1.14. The summed E-state index contributed by atoms with van der Waals surface area (Å²) in [4.78, 5) is 14.6. The first-order chi connectivity index (χ1) is 10.4. The second-order valence-electron chi connectivity index (χ2n) is 5.09. The largest absolute Gasteiger partial charge is 0.378 e. The number of carbonyl (C=O) groups is 1. The van der Waals surface area contributed by atoms with Gasteiger partial charge in [0.2, 0.25) is 5.78 Å². The van der Waals surface area contributed by atoms with Crippen LogP contribution in [-0.4, -0.2) is 28.3 Å². The van der Waals surface area contributed by atoms with Gasteiger partial charge in [0.25, 0.3) is 10.0 Å². The predicted molar refractivity (Wildman–Crippen MR) is 87.7 cm³/mol. The number of Topliss-reactive ketones (excluding diaryl/α,β-unsaturated/α-hetero) is 1. The van der Waals surface area contributed by atoms with Crippen molar-refractivity contribution in [3.63, 3.8) is 0 Å². The van der Waals surface area contributed by atoms with Crippen LogP contribution in [0, 0.1) is 0 Å². The summed E-state index contributed by atoms with van der Waals surface area (Å²) < 4.78 is 26.6. The third-order valence-electron chi connectivity index (χ3n) is 3.33. The van der Waals surface area contributed by atoms with Gasteiger partial charge in [0.15, 0.2) is 0 Å². The van der Waals surface area contributed by atoms with Crippen LogP contribution >= 0.6 is 11.3 Å². The van der Waals surface area contributed by atoms with E-state index in [4.69, 9.17) is 0 Å². The number of benzene rings is 1. The summed E-state index contributed by atoms with van der Waals surface area (Å²) in [5.41, 5.74) is 1.86. The molecule has 1 aliphatic rings. The third kappa shape index (κ3) is 2.53. The van der Waals surface area contributed by atoms with E-state index in [-0.39, 0.29) is 21.3 Å². The number of nitrogens with one attached hydrogen (secondary N) is 1. The Bertz CT molecular complexity index is 862. The Morgan fingerprint density at radius 1 is 1.14 bits per heavy atom. The summed E-state index contributed by atoms with van der Waals surface area (Å²) in [7, 11) is 0.211. The lowest BCUT2D eigenvalue weighted by Gasteiger charge is -2.17. The maximum atomic E-state index is 12.4. The van der Waals surface area contributed by atoms with Crippen LogP contribution in [0.15, 0.2) is 46.3 Å². The fraction of sp³-hybridized carbons (Fsp3) is 0.133. The SMILES string of the molecule is CN(C)c1ccc(C=C2NS(=O)(=O)c3ccsc3C2=O)cc1. The second-order valence-corrected chi connectivity index (χ2v) is 7.66. The molecule has 5 nitrogen and oxygen atoms in total. The van der Waals surface area contributed by atoms with Crippen molar-refractivity contribution in [1.82, 2.24) is 4.72 Å². The van der Waals surface area contributed by atoms with Crippen molar-refractivity contribution in [2.24, 2.45) is 0 Å². The number of rotatable bonds is 2. The van der Waals surface area contributed by atoms with E-state index in [0.29, 0.717) is 0 Å². The highest BCUT2D eigenvalue weighted by molar-refractivity contribution is 7.90. The number of nitrogens with zero attached hydrogens (tertiary/aromatic N) is 1. The van der Waals surface area contributed by atoms with Crippen molar-refractivity contribution in [2.45, 2.75) is 4.90 Å². The lowest BCUT2D eigenvalue weighted by atomic mass is 10.1. The third-order valence-corrected chi connectivity index (χ3v) is 5.78. The molecule has 1 aliphatic heterocycles. The normalized spacial score (nSPS) is 17.9. The van der Waals surface area contributed by atoms with Gasteiger partial charge < -0.3 is 4.90 Å². The molecule has 0 unspecified atom stereocenters. The van der Waals surface area contributed by atoms with E-state index < -0.39 is 10.0 Å². The van der Waals surface area contributed by atoms with Crippen molar-refractivity contribution in [2.75, 3.05) is 19.0 Å². The van der Waals surface area contributed by atoms with Crippen LogP contribution in [0.4, 0.5) is 5.69 Å². The summed E-state index contributed by atoms with van der Waals surface area (Å²) in [6.45, 7) is 0. The Balaban J connectivity index is 2.00. The zero-order valence-corrected chi connectivity index (χ0v) is 13.7. The van der Waals surface area contributed by atoms with E-state index in [1.54, 1.807) is 11.5 Å². The minimum atomic E-state index is -3.66. The van der Waals surface area contributed by atoms with Crippen molar-refractivity contribution in [1.29, 1.82) is 0 Å². The molecular weight excluding hydrogens is 320 g/mol. The van der Waals surface area contributed by atoms with E-state index in [0.717, 1.165) is 22.6 Å². The fourth-order valence-electron chi connectivity index (χ4n) is 2.17. The van der Waals surface area contributed by atoms with Crippen LogP contribution in [0.2, 0.25) is 0 Å². The number of anilines is 1. The van der Waals surface area contributed by atoms with Crippen molar-refractivity contribution < 1.29 is 13.2 Å². The van der Waals surface area contributed by atoms with Gasteiger partial charge in [-0.05, 0) is 35.2 Å². The molecule has 0 saturated carbocycles. The highest BCUT2D eigenvalue weighted by atomic mass is 32.2. The lowest BCUT2D eigenvalue weighted by Crippen LogP contribution is -2.33. The summed E-state index contributed by atoms with van der Waals surface area (Å²) in [5, 5.41) is 1.61. The molecule has 2 heterocycles. The van der Waals surface area contributed by atoms with Gasteiger partial charge >= 0.3 is 0 Å². The minimum Gasteiger partial charge on any atom is -0.378 e. The highest BCUT2D eigenvalue weighted by Crippen LogP contribution is 2.29. The number of hydrogen-bond acceptors (Lipinski definition) is 5. The fourth-order valence-corrected chi connectivity index (χ4v) is 4.61. The molecule has 0 amide bonds. The Morgan fingerprint density at radius 3 is 2.45 bits per heavy atom. The predicted octanol–water partition coefficient (Wildman–Crippen LogP) is 2.33. The maximum Gasteiger partial charge on any atom is 0.263 e. The van der Waals surface area contributed by atoms with E-state index >= 15 is 0 Å². The Kier molecular flexibility index (Phi) is 3.54. The topological polar surface area (TPSA) is 66.5 Å². The quantitative estimate of drug-likeness (QED) is 0.856. The van der Waals surface area contributed by atoms with Crippen LogP contribution in [-0.2, 0) is 10.0 Å². The molecule has 0 bridgehead atoms. The number of allylic oxidation sites excluding steroid dienone is 1. The van der Waals surface area contributed by atoms with Crippen LogP contribution < -0.4 is 9.62 Å². The number of fused-ring (bicyclic) bond motifs is 1. The van der Waals surface area contributed by atoms with Crippen LogP contribution in [0.1, 0.15) is 15.2 Å². The molecule has 114 valence electrons. The number of thiophene rings is 1. The van der Waals surface area contributed by atoms with Gasteiger partial charge in [0, 0.05) is 19.8 Å². The van der Waals surface area contributed by atoms with Gasteiger partial charge in [-0.1, -0.05) is 12.1 Å². The van der Waals surface area contributed by atoms with Crippen LogP contribution in [0.3, 0.4) is 0 Å². The molecule has 3 rings (SSSR count). The average molecular weight is 334 g/mol. The zero-order valence-electron chi connectivity index (χ0n) is 12.0. The molecule has 22 heavy (non-hydrogen) atoms. The van der Waals surface area contributed by atoms with Gasteiger partial charge in [-0.15, -0.1) is 11.3 Å². The van der Waals surface area contributed by atoms with E-state index in [2.05, 4.69) is 4.72 Å². The second kappa shape index (κ2) is 5.26. The molecule has 0 fully saturated rings. The number of ketones is 1. The molecule has 0 atom stereocenters. The molecule has 0 radical (unpaired) electrons. The lowest BCUT2D eigenvalue weighted by molar-refractivity contribution is 0.103. The molecule has 0 saturated heterocycles. The van der Waals surface area contributed by atoms with E-state index in [1.165, 1.54) is 6.07 Å². The van der Waals surface area contributed by atoms with Gasteiger partial charge in [0.05, 0.1) is 10.6 Å². The van der Waals surface area contributed by atoms with Crippen molar-refractivity contribution in [3.8, 4) is 0 Å². The summed E-state index contributed by atoms with van der Waals surface area (Å²) in [6, 6.07) is 8.94. The molecule has 1 N–H and O–H groups in total. The van der Waals surface area contributed by atoms with E-state index in [9.17, 15) is 13.2 Å². The van der Waals surface area contributed by atoms with E-state index in [1.807, 2.05) is 43.3 Å². The molecule has 1 aromatic carbocycles. The van der Waals surface area contributed by atoms with Crippen LogP contribution in [0.5, 0.6) is 0 Å². The maximum absolute atomic E-state index is 12.4. The zero-order chi connectivity index (χ0) is 15.9. The van der Waals surface area contributed by atoms with Gasteiger partial charge in [-0.3, -0.25) is 9.52 Å². The number of hydrogen-bond donors (Lipinski definition) is 1. The average Bonchev–Trinajstić information content (AvgIpc) is 2.96. The molecule has 0 aliphatic carbocycles. The smallest absolute Gasteiger partial charge is 0.263 e. The molecule has 0 spiro atoms. The van der Waals surface area contributed by atoms with Gasteiger partial charge in [0.1, 0.15) is 4.90 Å². The van der Waals surface area contributed by atoms with Crippen molar-refractivity contribution in [3.05, 3.63) is 51.8 Å². The summed E-state index contributed by atoms with van der Waals surface area (Å²) in [6.07, 6.45) is 1.56. The molecule has 2 aromatic rings. The van der Waals surface area contributed by atoms with Crippen LogP contribution in [0.25, 0.3) is 6.08 Å². The molecule has 1 aromatic heterocycles. The Hall–Kier alpha value is -2.12. The number of carbonyl (C=O) groups excluding carboxylic acids is 1. The monoisotopic (exact) mass is 334 g/mol. The first-order valence-corrected chi connectivity index (χ1v) is 8.89. The first-order valence-electron chi connectivity index (χ1n) is 6.52. The first kappa shape index (κ1) is 14.8. The van der Waals surface area contributed by atoms with Gasteiger partial charge in [-0.2, -0.15) is 0 Å². The minimum absolute atomic E-state index is 0.0580.